The molecular weight excluding hydrogens is 170 g/mol. The Labute approximate surface area is 76.2 Å². The fourth-order valence-electron chi connectivity index (χ4n) is 0.957. The summed E-state index contributed by atoms with van der Waals surface area (Å²) in [7, 11) is 1.62. The van der Waals surface area contributed by atoms with Gasteiger partial charge in [-0.05, 0) is 0 Å². The lowest BCUT2D eigenvalue weighted by atomic mass is 10.3. The lowest BCUT2D eigenvalue weighted by Gasteiger charge is -2.05. The number of methoxy groups -OCH3 is 1. The predicted octanol–water partition coefficient (Wildman–Crippen LogP) is -0.652. The fourth-order valence-corrected chi connectivity index (χ4v) is 0.957. The minimum absolute atomic E-state index is 0.222. The van der Waals surface area contributed by atoms with Crippen LogP contribution in [0.15, 0.2) is 17.3 Å². The molecule has 0 amide bonds. The average molecular weight is 183 g/mol. The summed E-state index contributed by atoms with van der Waals surface area (Å²) < 4.78 is 6.68. The molecule has 1 aromatic rings. The Morgan fingerprint density at radius 2 is 2.46 bits per heavy atom. The van der Waals surface area contributed by atoms with E-state index in [1.54, 1.807) is 17.9 Å². The van der Waals surface area contributed by atoms with Crippen molar-refractivity contribution in [1.29, 1.82) is 0 Å². The first-order valence-corrected chi connectivity index (χ1v) is 4.02. The van der Waals surface area contributed by atoms with Crippen LogP contribution in [0.5, 0.6) is 0 Å². The van der Waals surface area contributed by atoms with E-state index < -0.39 is 0 Å². The molecule has 1 heterocycles. The van der Waals surface area contributed by atoms with Gasteiger partial charge in [0.05, 0.1) is 12.9 Å². The third-order valence-corrected chi connectivity index (χ3v) is 1.69. The normalized spacial score (nSPS) is 10.3. The maximum Gasteiger partial charge on any atom is 0.277 e. The van der Waals surface area contributed by atoms with Crippen LogP contribution in [-0.4, -0.2) is 23.3 Å². The van der Waals surface area contributed by atoms with E-state index in [0.717, 1.165) is 0 Å². The van der Waals surface area contributed by atoms with Crippen molar-refractivity contribution < 1.29 is 4.74 Å². The number of hydrogen-bond donors (Lipinski definition) is 1. The highest BCUT2D eigenvalue weighted by Gasteiger charge is 1.98. The molecule has 0 aliphatic carbocycles. The molecule has 0 atom stereocenters. The third-order valence-electron chi connectivity index (χ3n) is 1.69. The van der Waals surface area contributed by atoms with Gasteiger partial charge in [0.1, 0.15) is 0 Å². The Bertz CT molecular complexity index is 321. The molecule has 5 heteroatoms. The van der Waals surface area contributed by atoms with Gasteiger partial charge in [-0.1, -0.05) is 0 Å². The number of nitrogens with two attached hydrogens (primary N) is 1. The van der Waals surface area contributed by atoms with Crippen molar-refractivity contribution in [3.8, 4) is 0 Å². The zero-order chi connectivity index (χ0) is 9.68. The van der Waals surface area contributed by atoms with Crippen LogP contribution >= 0.6 is 0 Å². The maximum atomic E-state index is 11.0. The second-order valence-corrected chi connectivity index (χ2v) is 2.64. The van der Waals surface area contributed by atoms with Crippen molar-refractivity contribution in [2.24, 2.45) is 5.73 Å². The summed E-state index contributed by atoms with van der Waals surface area (Å²) in [6, 6.07) is 0. The van der Waals surface area contributed by atoms with E-state index in [2.05, 4.69) is 4.98 Å². The Morgan fingerprint density at radius 3 is 3.08 bits per heavy atom. The lowest BCUT2D eigenvalue weighted by Crippen LogP contribution is -2.19. The number of hydrogen-bond acceptors (Lipinski definition) is 4. The van der Waals surface area contributed by atoms with Gasteiger partial charge in [0, 0.05) is 32.0 Å². The van der Waals surface area contributed by atoms with Crippen LogP contribution in [0.1, 0.15) is 5.56 Å². The van der Waals surface area contributed by atoms with Crippen molar-refractivity contribution in [3.63, 3.8) is 0 Å². The molecule has 0 saturated heterocycles. The molecule has 1 aromatic heterocycles. The quantitative estimate of drug-likeness (QED) is 0.673. The topological polar surface area (TPSA) is 70.1 Å². The molecule has 72 valence electrons. The van der Waals surface area contributed by atoms with Crippen LogP contribution in [-0.2, 0) is 17.8 Å². The van der Waals surface area contributed by atoms with Gasteiger partial charge in [0.2, 0.25) is 0 Å². The summed E-state index contributed by atoms with van der Waals surface area (Å²) in [5, 5.41) is 0. The first-order chi connectivity index (χ1) is 6.27. The van der Waals surface area contributed by atoms with Crippen LogP contribution < -0.4 is 11.3 Å². The number of nitrogens with zero attached hydrogens (tertiary/aromatic N) is 2. The number of rotatable bonds is 4. The molecule has 0 unspecified atom stereocenters. The highest BCUT2D eigenvalue weighted by atomic mass is 16.5. The lowest BCUT2D eigenvalue weighted by molar-refractivity contribution is 0.186. The standard InChI is InChI=1S/C8H13N3O2/c1-13-3-2-11-5-7(4-9)8(12)10-6-11/h5-6H,2-4,9H2,1H3. The summed E-state index contributed by atoms with van der Waals surface area (Å²) in [6.07, 6.45) is 3.19. The number of ether oxygens (including phenoxy) is 1. The minimum Gasteiger partial charge on any atom is -0.383 e. The Balaban J connectivity index is 2.80. The van der Waals surface area contributed by atoms with Crippen LogP contribution in [0.25, 0.3) is 0 Å². The van der Waals surface area contributed by atoms with Gasteiger partial charge in [-0.15, -0.1) is 0 Å². The van der Waals surface area contributed by atoms with Crippen molar-refractivity contribution in [2.45, 2.75) is 13.1 Å². The van der Waals surface area contributed by atoms with Gasteiger partial charge in [-0.2, -0.15) is 4.98 Å². The van der Waals surface area contributed by atoms with E-state index in [4.69, 9.17) is 10.5 Å². The molecule has 2 N–H and O–H groups in total. The predicted molar refractivity (Wildman–Crippen MR) is 48.3 cm³/mol. The molecule has 0 saturated carbocycles. The molecule has 5 nitrogen and oxygen atoms in total. The molecule has 0 spiro atoms. The minimum atomic E-state index is -0.254. The zero-order valence-electron chi connectivity index (χ0n) is 7.56. The molecule has 0 aliphatic heterocycles. The van der Waals surface area contributed by atoms with Crippen molar-refractivity contribution in [3.05, 3.63) is 28.4 Å². The molecule has 0 aromatic carbocycles. The summed E-state index contributed by atoms with van der Waals surface area (Å²) in [4.78, 5) is 14.7. The van der Waals surface area contributed by atoms with Crippen LogP contribution in [0.3, 0.4) is 0 Å². The zero-order valence-corrected chi connectivity index (χ0v) is 7.56. The maximum absolute atomic E-state index is 11.0. The monoisotopic (exact) mass is 183 g/mol. The van der Waals surface area contributed by atoms with Gasteiger partial charge in [0.15, 0.2) is 0 Å². The van der Waals surface area contributed by atoms with Gasteiger partial charge in [0.25, 0.3) is 5.56 Å². The Kier molecular flexibility index (Phi) is 3.60. The molecule has 0 aliphatic rings. The summed E-state index contributed by atoms with van der Waals surface area (Å²) in [5.74, 6) is 0. The second kappa shape index (κ2) is 4.74. The summed E-state index contributed by atoms with van der Waals surface area (Å²) >= 11 is 0. The second-order valence-electron chi connectivity index (χ2n) is 2.64. The van der Waals surface area contributed by atoms with Crippen molar-refractivity contribution in [1.82, 2.24) is 9.55 Å². The van der Waals surface area contributed by atoms with Crippen LogP contribution in [0.4, 0.5) is 0 Å². The molecule has 0 fully saturated rings. The summed E-state index contributed by atoms with van der Waals surface area (Å²) in [5.41, 5.74) is 5.64. The van der Waals surface area contributed by atoms with Crippen LogP contribution in [0, 0.1) is 0 Å². The van der Waals surface area contributed by atoms with E-state index in [9.17, 15) is 4.79 Å². The van der Waals surface area contributed by atoms with Crippen LogP contribution in [0.2, 0.25) is 0 Å². The Morgan fingerprint density at radius 1 is 1.69 bits per heavy atom. The van der Waals surface area contributed by atoms with E-state index in [1.165, 1.54) is 6.33 Å². The Hall–Kier alpha value is -1.20. The molecule has 0 radical (unpaired) electrons. The van der Waals surface area contributed by atoms with Gasteiger partial charge in [-0.3, -0.25) is 4.79 Å². The smallest absolute Gasteiger partial charge is 0.277 e. The van der Waals surface area contributed by atoms with Gasteiger partial charge in [-0.25, -0.2) is 0 Å². The average Bonchev–Trinajstić information content (AvgIpc) is 2.16. The van der Waals surface area contributed by atoms with Gasteiger partial charge < -0.3 is 15.0 Å². The highest BCUT2D eigenvalue weighted by Crippen LogP contribution is 1.89. The first kappa shape index (κ1) is 9.88. The molecule has 13 heavy (non-hydrogen) atoms. The van der Waals surface area contributed by atoms with E-state index >= 15 is 0 Å². The SMILES string of the molecule is COCCn1cnc(=O)c(CN)c1. The molecule has 0 bridgehead atoms. The third kappa shape index (κ3) is 2.64. The number of aromatic nitrogens is 2. The fraction of sp³-hybridized carbons (Fsp3) is 0.500. The van der Waals surface area contributed by atoms with Gasteiger partial charge >= 0.3 is 0 Å². The van der Waals surface area contributed by atoms with E-state index in [-0.39, 0.29) is 12.1 Å². The molecule has 1 rings (SSSR count). The van der Waals surface area contributed by atoms with E-state index in [1.807, 2.05) is 0 Å². The van der Waals surface area contributed by atoms with Crippen molar-refractivity contribution in [2.75, 3.05) is 13.7 Å². The highest BCUT2D eigenvalue weighted by molar-refractivity contribution is 5.03. The molecular formula is C8H13N3O2. The van der Waals surface area contributed by atoms with E-state index in [0.29, 0.717) is 18.7 Å². The first-order valence-electron chi connectivity index (χ1n) is 4.02. The summed E-state index contributed by atoms with van der Waals surface area (Å²) in [6.45, 7) is 1.49. The largest absolute Gasteiger partial charge is 0.383 e. The van der Waals surface area contributed by atoms with Crippen molar-refractivity contribution >= 4 is 0 Å².